The van der Waals surface area contributed by atoms with Crippen LogP contribution in [0.25, 0.3) is 0 Å². The van der Waals surface area contributed by atoms with Crippen LogP contribution in [0.5, 0.6) is 0 Å². The van der Waals surface area contributed by atoms with Crippen LogP contribution in [0.1, 0.15) is 23.0 Å². The second-order valence-corrected chi connectivity index (χ2v) is 9.46. The van der Waals surface area contributed by atoms with Gasteiger partial charge in [-0.1, -0.05) is 13.0 Å². The lowest BCUT2D eigenvalue weighted by Crippen LogP contribution is -2.23. The lowest BCUT2D eigenvalue weighted by atomic mass is 10.2. The number of ether oxygens (including phenoxy) is 1. The maximum atomic E-state index is 12.2. The largest absolute Gasteiger partial charge is 0.454 e. The van der Waals surface area contributed by atoms with Crippen molar-refractivity contribution >= 4 is 26.0 Å². The number of hydrogen-bond acceptors (Lipinski definition) is 7. The second kappa shape index (κ2) is 8.21. The van der Waals surface area contributed by atoms with Crippen molar-refractivity contribution < 1.29 is 30.8 Å². The maximum absolute atomic E-state index is 12.2. The van der Waals surface area contributed by atoms with Gasteiger partial charge in [0, 0.05) is 20.6 Å². The van der Waals surface area contributed by atoms with Gasteiger partial charge in [0.25, 0.3) is 10.0 Å². The molecular weight excluding hydrogens is 396 g/mol. The Morgan fingerprint density at radius 3 is 2.48 bits per heavy atom. The van der Waals surface area contributed by atoms with Crippen LogP contribution in [-0.4, -0.2) is 47.8 Å². The number of rotatable bonds is 8. The van der Waals surface area contributed by atoms with Crippen molar-refractivity contribution in [2.45, 2.75) is 23.5 Å². The van der Waals surface area contributed by atoms with E-state index in [0.717, 1.165) is 4.31 Å². The van der Waals surface area contributed by atoms with Crippen LogP contribution in [0.15, 0.2) is 50.8 Å². The van der Waals surface area contributed by atoms with E-state index < -0.39 is 26.0 Å². The number of esters is 1. The summed E-state index contributed by atoms with van der Waals surface area (Å²) in [6, 6.07) is 8.05. The quantitative estimate of drug-likeness (QED) is 0.641. The Kier molecular flexibility index (Phi) is 6.42. The van der Waals surface area contributed by atoms with Crippen LogP contribution in [-0.2, 0) is 31.4 Å². The zero-order valence-electron chi connectivity index (χ0n) is 15.0. The van der Waals surface area contributed by atoms with E-state index >= 15 is 0 Å². The molecule has 0 aliphatic rings. The first-order valence-corrected chi connectivity index (χ1v) is 10.8. The van der Waals surface area contributed by atoms with Gasteiger partial charge in [-0.2, -0.15) is 0 Å². The summed E-state index contributed by atoms with van der Waals surface area (Å²) in [7, 11) is -4.69. The molecule has 9 nitrogen and oxygen atoms in total. The minimum Gasteiger partial charge on any atom is -0.454 e. The van der Waals surface area contributed by atoms with Gasteiger partial charge in [-0.05, 0) is 30.3 Å². The van der Waals surface area contributed by atoms with Gasteiger partial charge >= 0.3 is 5.97 Å². The van der Waals surface area contributed by atoms with Gasteiger partial charge in [0.05, 0.1) is 10.5 Å². The first-order valence-electron chi connectivity index (χ1n) is 7.86. The minimum absolute atomic E-state index is 0.0432. The van der Waals surface area contributed by atoms with Crippen molar-refractivity contribution in [2.24, 2.45) is 0 Å². The molecule has 0 saturated heterocycles. The first kappa shape index (κ1) is 21.1. The molecule has 0 atom stereocenters. The van der Waals surface area contributed by atoms with E-state index in [-0.39, 0.29) is 34.5 Å². The molecule has 1 N–H and O–H groups in total. The third-order valence-electron chi connectivity index (χ3n) is 3.43. The number of benzene rings is 1. The van der Waals surface area contributed by atoms with E-state index in [1.54, 1.807) is 6.92 Å². The van der Waals surface area contributed by atoms with Crippen molar-refractivity contribution in [3.8, 4) is 0 Å². The summed E-state index contributed by atoms with van der Waals surface area (Å²) in [5, 5.41) is -0.266. The topological polar surface area (TPSA) is 123 Å². The van der Waals surface area contributed by atoms with Gasteiger partial charge in [-0.3, -0.25) is 0 Å². The fourth-order valence-electron chi connectivity index (χ4n) is 2.04. The molecule has 0 saturated carbocycles. The van der Waals surface area contributed by atoms with E-state index in [1.807, 2.05) is 0 Å². The highest BCUT2D eigenvalue weighted by molar-refractivity contribution is 7.89. The van der Waals surface area contributed by atoms with Crippen LogP contribution in [0.2, 0.25) is 0 Å². The lowest BCUT2D eigenvalue weighted by Gasteiger charge is -2.08. The summed E-state index contributed by atoms with van der Waals surface area (Å²) in [4.78, 5) is 12.1. The number of sulfonamides is 2. The Morgan fingerprint density at radius 1 is 1.15 bits per heavy atom. The third-order valence-corrected chi connectivity index (χ3v) is 6.66. The molecule has 11 heteroatoms. The zero-order valence-corrected chi connectivity index (χ0v) is 16.6. The molecule has 0 radical (unpaired) electrons. The van der Waals surface area contributed by atoms with E-state index in [2.05, 4.69) is 4.72 Å². The molecule has 148 valence electrons. The van der Waals surface area contributed by atoms with Crippen LogP contribution in [0.3, 0.4) is 0 Å². The van der Waals surface area contributed by atoms with E-state index in [9.17, 15) is 21.6 Å². The Labute approximate surface area is 158 Å². The number of carbonyl (C=O) groups is 1. The first-order chi connectivity index (χ1) is 12.6. The number of nitrogens with zero attached hydrogens (tertiary/aromatic N) is 1. The predicted molar refractivity (Wildman–Crippen MR) is 96.0 cm³/mol. The normalized spacial score (nSPS) is 12.3. The van der Waals surface area contributed by atoms with Crippen LogP contribution in [0.4, 0.5) is 0 Å². The second-order valence-electron chi connectivity index (χ2n) is 5.61. The number of furan rings is 1. The fourth-order valence-corrected chi connectivity index (χ4v) is 3.94. The van der Waals surface area contributed by atoms with Gasteiger partial charge in [0.1, 0.15) is 12.4 Å². The molecule has 1 aromatic carbocycles. The molecule has 1 aromatic heterocycles. The molecule has 27 heavy (non-hydrogen) atoms. The summed E-state index contributed by atoms with van der Waals surface area (Å²) in [5.74, 6) is -0.628. The smallest absolute Gasteiger partial charge is 0.338 e. The highest BCUT2D eigenvalue weighted by Crippen LogP contribution is 2.18. The number of hydrogen-bond donors (Lipinski definition) is 1. The molecule has 0 unspecified atom stereocenters. The van der Waals surface area contributed by atoms with E-state index in [1.165, 1.54) is 50.5 Å². The molecule has 0 spiro atoms. The predicted octanol–water partition coefficient (Wildman–Crippen LogP) is 1.19. The third kappa shape index (κ3) is 4.95. The van der Waals surface area contributed by atoms with Gasteiger partial charge in [0.2, 0.25) is 15.1 Å². The Hall–Kier alpha value is -2.21. The van der Waals surface area contributed by atoms with Crippen LogP contribution in [0, 0.1) is 0 Å². The Bertz CT molecular complexity index is 1020. The molecule has 1 heterocycles. The van der Waals surface area contributed by atoms with Gasteiger partial charge in [-0.25, -0.2) is 30.7 Å². The standard InChI is InChI=1S/C16H20N2O7S2/c1-4-17-26(20,21)14-7-5-6-12(10-14)16(19)24-11-13-8-9-15(25-13)27(22,23)18(2)3/h5-10,17H,4,11H2,1-3H3. The van der Waals surface area contributed by atoms with Crippen molar-refractivity contribution in [3.05, 3.63) is 47.7 Å². The van der Waals surface area contributed by atoms with Gasteiger partial charge in [-0.15, -0.1) is 0 Å². The average molecular weight is 416 g/mol. The molecule has 0 aliphatic carbocycles. The molecule has 0 aliphatic heterocycles. The summed E-state index contributed by atoms with van der Waals surface area (Å²) in [6.45, 7) is 1.56. The summed E-state index contributed by atoms with van der Waals surface area (Å²) in [5.41, 5.74) is 0.0432. The number of nitrogens with one attached hydrogen (secondary N) is 1. The maximum Gasteiger partial charge on any atom is 0.338 e. The van der Waals surface area contributed by atoms with Crippen LogP contribution < -0.4 is 4.72 Å². The lowest BCUT2D eigenvalue weighted by molar-refractivity contribution is 0.0440. The van der Waals surface area contributed by atoms with Crippen molar-refractivity contribution in [1.82, 2.24) is 9.03 Å². The SMILES string of the molecule is CCNS(=O)(=O)c1cccc(C(=O)OCc2ccc(S(=O)(=O)N(C)C)o2)c1. The van der Waals surface area contributed by atoms with Gasteiger partial charge in [0.15, 0.2) is 0 Å². The van der Waals surface area contributed by atoms with Crippen molar-refractivity contribution in [1.29, 1.82) is 0 Å². The van der Waals surface area contributed by atoms with Crippen molar-refractivity contribution in [3.63, 3.8) is 0 Å². The average Bonchev–Trinajstić information content (AvgIpc) is 3.09. The summed E-state index contributed by atoms with van der Waals surface area (Å²) in [6.07, 6.45) is 0. The van der Waals surface area contributed by atoms with Crippen molar-refractivity contribution in [2.75, 3.05) is 20.6 Å². The van der Waals surface area contributed by atoms with Gasteiger partial charge < -0.3 is 9.15 Å². The summed E-state index contributed by atoms with van der Waals surface area (Å²) >= 11 is 0. The summed E-state index contributed by atoms with van der Waals surface area (Å²) < 4.78 is 61.5. The highest BCUT2D eigenvalue weighted by Gasteiger charge is 2.22. The van der Waals surface area contributed by atoms with E-state index in [4.69, 9.17) is 9.15 Å². The molecule has 0 amide bonds. The molecular formula is C16H20N2O7S2. The van der Waals surface area contributed by atoms with Crippen LogP contribution >= 0.6 is 0 Å². The number of carbonyl (C=O) groups excluding carboxylic acids is 1. The fraction of sp³-hybridized carbons (Fsp3) is 0.312. The minimum atomic E-state index is -3.72. The molecule has 2 aromatic rings. The monoisotopic (exact) mass is 416 g/mol. The van der Waals surface area contributed by atoms with E-state index in [0.29, 0.717) is 0 Å². The highest BCUT2D eigenvalue weighted by atomic mass is 32.2. The molecule has 2 rings (SSSR count). The molecule has 0 fully saturated rings. The zero-order chi connectivity index (χ0) is 20.2. The Morgan fingerprint density at radius 2 is 1.85 bits per heavy atom. The Balaban J connectivity index is 2.10. The molecule has 0 bridgehead atoms.